The van der Waals surface area contributed by atoms with Crippen LogP contribution in [0.5, 0.6) is 0 Å². The third kappa shape index (κ3) is 2.64. The molecule has 0 saturated carbocycles. The van der Waals surface area contributed by atoms with Crippen molar-refractivity contribution in [2.45, 2.75) is 18.8 Å². The molecular formula is C18H17FN4O. The summed E-state index contributed by atoms with van der Waals surface area (Å²) >= 11 is 0. The lowest BCUT2D eigenvalue weighted by Gasteiger charge is -2.32. The van der Waals surface area contributed by atoms with Crippen LogP contribution in [0.4, 0.5) is 4.39 Å². The van der Waals surface area contributed by atoms with Crippen LogP contribution < -0.4 is 0 Å². The Hall–Kier alpha value is -2.76. The number of fused-ring (bicyclic) bond motifs is 1. The normalized spacial score (nSPS) is 18.0. The van der Waals surface area contributed by atoms with Gasteiger partial charge in [0.05, 0.1) is 0 Å². The van der Waals surface area contributed by atoms with Gasteiger partial charge >= 0.3 is 0 Å². The number of aromatic nitrogens is 3. The zero-order valence-electron chi connectivity index (χ0n) is 13.1. The van der Waals surface area contributed by atoms with E-state index in [2.05, 4.69) is 10.2 Å². The van der Waals surface area contributed by atoms with Gasteiger partial charge in [-0.3, -0.25) is 9.20 Å². The topological polar surface area (TPSA) is 50.5 Å². The van der Waals surface area contributed by atoms with E-state index in [1.807, 2.05) is 28.8 Å². The van der Waals surface area contributed by atoms with Gasteiger partial charge in [0.2, 0.25) is 0 Å². The molecule has 1 aliphatic heterocycles. The molecule has 1 fully saturated rings. The predicted octanol–water partition coefficient (Wildman–Crippen LogP) is 2.89. The molecule has 24 heavy (non-hydrogen) atoms. The second kappa shape index (κ2) is 6.03. The fourth-order valence-electron chi connectivity index (χ4n) is 3.31. The minimum atomic E-state index is -0.391. The van der Waals surface area contributed by atoms with Crippen LogP contribution in [0, 0.1) is 5.82 Å². The number of pyridine rings is 1. The Labute approximate surface area is 138 Å². The van der Waals surface area contributed by atoms with Gasteiger partial charge < -0.3 is 4.90 Å². The average molecular weight is 324 g/mol. The molecule has 0 spiro atoms. The van der Waals surface area contributed by atoms with E-state index in [1.165, 1.54) is 12.1 Å². The zero-order valence-corrected chi connectivity index (χ0v) is 13.1. The van der Waals surface area contributed by atoms with Crippen LogP contribution in [0.15, 0.2) is 48.7 Å². The van der Waals surface area contributed by atoms with E-state index in [0.29, 0.717) is 18.7 Å². The van der Waals surface area contributed by atoms with E-state index in [4.69, 9.17) is 0 Å². The number of rotatable bonds is 2. The number of nitrogens with zero attached hydrogens (tertiary/aromatic N) is 4. The predicted molar refractivity (Wildman–Crippen MR) is 87.3 cm³/mol. The molecule has 122 valence electrons. The Morgan fingerprint density at radius 3 is 2.96 bits per heavy atom. The molecule has 2 aromatic heterocycles. The maximum absolute atomic E-state index is 13.4. The van der Waals surface area contributed by atoms with Crippen molar-refractivity contribution in [2.75, 3.05) is 13.1 Å². The molecule has 3 heterocycles. The second-order valence-electron chi connectivity index (χ2n) is 6.09. The van der Waals surface area contributed by atoms with Crippen molar-refractivity contribution in [1.29, 1.82) is 0 Å². The summed E-state index contributed by atoms with van der Waals surface area (Å²) < 4.78 is 15.3. The summed E-state index contributed by atoms with van der Waals surface area (Å²) in [5, 5.41) is 8.51. The second-order valence-corrected chi connectivity index (χ2v) is 6.09. The standard InChI is InChI=1S/C18H17FN4O/c19-15-7-3-5-13(11-15)18(24)22-9-4-6-14(12-22)17-21-20-16-8-1-2-10-23(16)17/h1-3,5,7-8,10-11,14H,4,6,9,12H2/t14-/m1/s1. The van der Waals surface area contributed by atoms with E-state index in [1.54, 1.807) is 17.0 Å². The molecule has 6 heteroatoms. The molecule has 1 aromatic carbocycles. The summed E-state index contributed by atoms with van der Waals surface area (Å²) in [6.07, 6.45) is 3.80. The molecule has 0 bridgehead atoms. The van der Waals surface area contributed by atoms with Crippen molar-refractivity contribution >= 4 is 11.6 Å². The van der Waals surface area contributed by atoms with Crippen molar-refractivity contribution < 1.29 is 9.18 Å². The third-order valence-corrected chi connectivity index (χ3v) is 4.49. The smallest absolute Gasteiger partial charge is 0.253 e. The quantitative estimate of drug-likeness (QED) is 0.728. The highest BCUT2D eigenvalue weighted by molar-refractivity contribution is 5.94. The van der Waals surface area contributed by atoms with Crippen molar-refractivity contribution in [3.05, 3.63) is 65.9 Å². The summed E-state index contributed by atoms with van der Waals surface area (Å²) in [6, 6.07) is 11.6. The number of halogens is 1. The first-order valence-corrected chi connectivity index (χ1v) is 8.07. The monoisotopic (exact) mass is 324 g/mol. The number of carbonyl (C=O) groups is 1. The Bertz CT molecular complexity index is 891. The maximum atomic E-state index is 13.4. The number of likely N-dealkylation sites (tertiary alicyclic amines) is 1. The van der Waals surface area contributed by atoms with Gasteiger partial charge in [-0.2, -0.15) is 0 Å². The minimum absolute atomic E-state index is 0.131. The van der Waals surface area contributed by atoms with Crippen LogP contribution in [0.25, 0.3) is 5.65 Å². The summed E-state index contributed by atoms with van der Waals surface area (Å²) in [5.41, 5.74) is 1.20. The first-order chi connectivity index (χ1) is 11.7. The summed E-state index contributed by atoms with van der Waals surface area (Å²) in [5.74, 6) is 0.488. The summed E-state index contributed by atoms with van der Waals surface area (Å²) in [7, 11) is 0. The number of hydrogen-bond acceptors (Lipinski definition) is 3. The SMILES string of the molecule is O=C(c1cccc(F)c1)N1CCC[C@@H](c2nnc3ccccn23)C1. The van der Waals surface area contributed by atoms with Crippen LogP contribution in [-0.4, -0.2) is 38.5 Å². The molecule has 5 nitrogen and oxygen atoms in total. The number of benzene rings is 1. The molecule has 1 aliphatic rings. The van der Waals surface area contributed by atoms with Gasteiger partial charge in [-0.1, -0.05) is 12.1 Å². The first kappa shape index (κ1) is 14.8. The fraction of sp³-hybridized carbons (Fsp3) is 0.278. The summed E-state index contributed by atoms with van der Waals surface area (Å²) in [4.78, 5) is 14.4. The average Bonchev–Trinajstić information content (AvgIpc) is 3.05. The Balaban J connectivity index is 1.59. The van der Waals surface area contributed by atoms with Gasteiger partial charge in [-0.15, -0.1) is 10.2 Å². The fourth-order valence-corrected chi connectivity index (χ4v) is 3.31. The number of carbonyl (C=O) groups excluding carboxylic acids is 1. The molecule has 0 unspecified atom stereocenters. The van der Waals surface area contributed by atoms with Crippen LogP contribution in [0.1, 0.15) is 34.9 Å². The van der Waals surface area contributed by atoms with Crippen LogP contribution in [0.3, 0.4) is 0 Å². The van der Waals surface area contributed by atoms with Crippen molar-refractivity contribution in [2.24, 2.45) is 0 Å². The lowest BCUT2D eigenvalue weighted by molar-refractivity contribution is 0.0703. The molecule has 0 aliphatic carbocycles. The maximum Gasteiger partial charge on any atom is 0.253 e. The number of piperidine rings is 1. The molecule has 0 N–H and O–H groups in total. The third-order valence-electron chi connectivity index (χ3n) is 4.49. The number of hydrogen-bond donors (Lipinski definition) is 0. The van der Waals surface area contributed by atoms with Crippen LogP contribution in [-0.2, 0) is 0 Å². The molecule has 4 rings (SSSR count). The first-order valence-electron chi connectivity index (χ1n) is 8.07. The highest BCUT2D eigenvalue weighted by Crippen LogP contribution is 2.27. The van der Waals surface area contributed by atoms with E-state index in [9.17, 15) is 9.18 Å². The lowest BCUT2D eigenvalue weighted by Crippen LogP contribution is -2.39. The molecule has 3 aromatic rings. The molecule has 0 radical (unpaired) electrons. The highest BCUT2D eigenvalue weighted by Gasteiger charge is 2.28. The minimum Gasteiger partial charge on any atom is -0.338 e. The molecular weight excluding hydrogens is 307 g/mol. The molecule has 1 saturated heterocycles. The molecule has 1 amide bonds. The summed E-state index contributed by atoms with van der Waals surface area (Å²) in [6.45, 7) is 1.26. The van der Waals surface area contributed by atoms with Gasteiger partial charge in [0, 0.05) is 30.8 Å². The Morgan fingerprint density at radius 2 is 2.08 bits per heavy atom. The zero-order chi connectivity index (χ0) is 16.5. The largest absolute Gasteiger partial charge is 0.338 e. The lowest BCUT2D eigenvalue weighted by atomic mass is 9.96. The highest BCUT2D eigenvalue weighted by atomic mass is 19.1. The van der Waals surface area contributed by atoms with Crippen molar-refractivity contribution in [1.82, 2.24) is 19.5 Å². The van der Waals surface area contributed by atoms with E-state index in [-0.39, 0.29) is 11.8 Å². The Morgan fingerprint density at radius 1 is 1.17 bits per heavy atom. The van der Waals surface area contributed by atoms with Gasteiger partial charge in [-0.25, -0.2) is 4.39 Å². The number of amides is 1. The molecule has 1 atom stereocenters. The van der Waals surface area contributed by atoms with Gasteiger partial charge in [0.1, 0.15) is 11.6 Å². The Kier molecular flexibility index (Phi) is 3.72. The van der Waals surface area contributed by atoms with Crippen molar-refractivity contribution in [3.63, 3.8) is 0 Å². The van der Waals surface area contributed by atoms with E-state index in [0.717, 1.165) is 24.3 Å². The van der Waals surface area contributed by atoms with Crippen LogP contribution >= 0.6 is 0 Å². The van der Waals surface area contributed by atoms with Crippen LogP contribution in [0.2, 0.25) is 0 Å². The van der Waals surface area contributed by atoms with E-state index < -0.39 is 5.82 Å². The van der Waals surface area contributed by atoms with E-state index >= 15 is 0 Å². The van der Waals surface area contributed by atoms with Crippen molar-refractivity contribution in [3.8, 4) is 0 Å². The van der Waals surface area contributed by atoms with Gasteiger partial charge in [-0.05, 0) is 43.2 Å². The van der Waals surface area contributed by atoms with Gasteiger partial charge in [0.25, 0.3) is 5.91 Å². The van der Waals surface area contributed by atoms with Gasteiger partial charge in [0.15, 0.2) is 5.65 Å².